The van der Waals surface area contributed by atoms with Gasteiger partial charge in [-0.3, -0.25) is 15.0 Å². The smallest absolute Gasteiger partial charge is 0.240 e. The third kappa shape index (κ3) is 5.30. The number of hydrogen-bond acceptors (Lipinski definition) is 6. The molecule has 0 radical (unpaired) electrons. The lowest BCUT2D eigenvalue weighted by molar-refractivity contribution is -0.117. The number of furan rings is 1. The number of anilines is 1. The molecule has 0 bridgehead atoms. The molecule has 25 heavy (non-hydrogen) atoms. The highest BCUT2D eigenvalue weighted by Gasteiger charge is 2.22. The minimum atomic E-state index is -0.175. The van der Waals surface area contributed by atoms with E-state index in [0.717, 1.165) is 44.6 Å². The molecule has 1 aliphatic heterocycles. The molecule has 7 nitrogen and oxygen atoms in total. The van der Waals surface area contributed by atoms with Gasteiger partial charge < -0.3 is 14.4 Å². The van der Waals surface area contributed by atoms with E-state index < -0.39 is 0 Å². The molecule has 138 valence electrons. The summed E-state index contributed by atoms with van der Waals surface area (Å²) in [6.07, 6.45) is 2.17. The fourth-order valence-corrected chi connectivity index (χ4v) is 3.30. The molecule has 1 aromatic heterocycles. The van der Waals surface area contributed by atoms with Crippen LogP contribution in [0.3, 0.4) is 0 Å². The molecule has 7 heteroatoms. The fourth-order valence-electron chi connectivity index (χ4n) is 3.30. The summed E-state index contributed by atoms with van der Waals surface area (Å²) in [6.45, 7) is 7.67. The van der Waals surface area contributed by atoms with Crippen molar-refractivity contribution in [3.05, 3.63) is 16.9 Å². The van der Waals surface area contributed by atoms with Crippen LogP contribution in [0.5, 0.6) is 0 Å². The summed E-state index contributed by atoms with van der Waals surface area (Å²) in [7, 11) is 1.93. The van der Waals surface area contributed by atoms with Crippen molar-refractivity contribution in [2.45, 2.75) is 26.7 Å². The average Bonchev–Trinajstić information content (AvgIpc) is 2.82. The number of aryl methyl sites for hydroxylation is 1. The molecule has 0 unspecified atom stereocenters. The number of carbonyl (C=O) groups is 1. The Morgan fingerprint density at radius 1 is 1.44 bits per heavy atom. The minimum absolute atomic E-state index is 0.175. The highest BCUT2D eigenvalue weighted by atomic mass is 16.4. The zero-order chi connectivity index (χ0) is 18.4. The Kier molecular flexibility index (Phi) is 7.00. The van der Waals surface area contributed by atoms with Crippen LogP contribution in [0.4, 0.5) is 5.88 Å². The van der Waals surface area contributed by atoms with E-state index in [-0.39, 0.29) is 24.9 Å². The van der Waals surface area contributed by atoms with Gasteiger partial charge in [-0.05, 0) is 52.7 Å². The Morgan fingerprint density at radius 2 is 2.12 bits per heavy atom. The van der Waals surface area contributed by atoms with E-state index in [2.05, 4.69) is 16.3 Å². The molecule has 1 aliphatic rings. The van der Waals surface area contributed by atoms with E-state index in [1.54, 1.807) is 6.92 Å². The van der Waals surface area contributed by atoms with Gasteiger partial charge in [0.1, 0.15) is 17.4 Å². The van der Waals surface area contributed by atoms with Crippen molar-refractivity contribution < 1.29 is 14.3 Å². The van der Waals surface area contributed by atoms with Crippen molar-refractivity contribution >= 4 is 11.8 Å². The maximum Gasteiger partial charge on any atom is 0.240 e. The van der Waals surface area contributed by atoms with E-state index in [4.69, 9.17) is 9.52 Å². The van der Waals surface area contributed by atoms with Gasteiger partial charge in [-0.2, -0.15) is 5.26 Å². The van der Waals surface area contributed by atoms with Crippen molar-refractivity contribution in [3.8, 4) is 6.07 Å². The first-order valence-corrected chi connectivity index (χ1v) is 8.76. The van der Waals surface area contributed by atoms with Crippen LogP contribution in [0.1, 0.15) is 29.7 Å². The third-order valence-electron chi connectivity index (χ3n) is 4.86. The first kappa shape index (κ1) is 19.4. The van der Waals surface area contributed by atoms with Crippen molar-refractivity contribution in [1.82, 2.24) is 9.80 Å². The number of nitrogens with one attached hydrogen (secondary N) is 1. The van der Waals surface area contributed by atoms with Crippen LogP contribution in [0, 0.1) is 31.1 Å². The van der Waals surface area contributed by atoms with Crippen molar-refractivity contribution in [2.75, 3.05) is 51.7 Å². The summed E-state index contributed by atoms with van der Waals surface area (Å²) in [4.78, 5) is 16.5. The largest absolute Gasteiger partial charge is 0.444 e. The van der Waals surface area contributed by atoms with Gasteiger partial charge >= 0.3 is 0 Å². The predicted molar refractivity (Wildman–Crippen MR) is 95.3 cm³/mol. The molecule has 0 aliphatic carbocycles. The van der Waals surface area contributed by atoms with E-state index in [1.807, 2.05) is 18.9 Å². The number of aliphatic hydroxyl groups excluding tert-OH is 1. The van der Waals surface area contributed by atoms with Gasteiger partial charge in [-0.1, -0.05) is 0 Å². The molecule has 1 saturated heterocycles. The summed E-state index contributed by atoms with van der Waals surface area (Å²) >= 11 is 0. The number of nitriles is 1. The number of rotatable bonds is 7. The summed E-state index contributed by atoms with van der Waals surface area (Å²) < 4.78 is 5.47. The molecule has 1 aromatic rings. The van der Waals surface area contributed by atoms with Crippen LogP contribution in [0.15, 0.2) is 4.42 Å². The van der Waals surface area contributed by atoms with Gasteiger partial charge in [0.15, 0.2) is 0 Å². The molecular weight excluding hydrogens is 320 g/mol. The van der Waals surface area contributed by atoms with Crippen LogP contribution >= 0.6 is 0 Å². The monoisotopic (exact) mass is 348 g/mol. The Labute approximate surface area is 149 Å². The van der Waals surface area contributed by atoms with E-state index in [9.17, 15) is 10.1 Å². The zero-order valence-electron chi connectivity index (χ0n) is 15.3. The first-order valence-electron chi connectivity index (χ1n) is 8.76. The molecule has 0 spiro atoms. The van der Waals surface area contributed by atoms with Gasteiger partial charge in [0.25, 0.3) is 0 Å². The molecule has 0 aromatic carbocycles. The van der Waals surface area contributed by atoms with E-state index >= 15 is 0 Å². The Morgan fingerprint density at radius 3 is 2.72 bits per heavy atom. The molecule has 1 fully saturated rings. The molecule has 0 atom stereocenters. The molecule has 0 saturated carbocycles. The standard InChI is InChI=1S/C18H28N4O3/c1-13-14(2)25-18(16(13)10-19)20-17(24)12-21(3)11-15-4-6-22(7-5-15)8-9-23/h15,23H,4-9,11-12H2,1-3H3,(H,20,24). The van der Waals surface area contributed by atoms with Crippen molar-refractivity contribution in [1.29, 1.82) is 5.26 Å². The number of amides is 1. The molecule has 2 heterocycles. The number of hydrogen-bond donors (Lipinski definition) is 2. The minimum Gasteiger partial charge on any atom is -0.444 e. The maximum atomic E-state index is 12.2. The molecule has 2 rings (SSSR count). The van der Waals surface area contributed by atoms with Crippen LogP contribution in [-0.2, 0) is 4.79 Å². The number of likely N-dealkylation sites (N-methyl/N-ethyl adjacent to an activating group) is 1. The predicted octanol–water partition coefficient (Wildman–Crippen LogP) is 1.34. The normalized spacial score (nSPS) is 16.2. The van der Waals surface area contributed by atoms with E-state index in [0.29, 0.717) is 17.2 Å². The highest BCUT2D eigenvalue weighted by Crippen LogP contribution is 2.25. The van der Waals surface area contributed by atoms with Gasteiger partial charge in [-0.15, -0.1) is 0 Å². The van der Waals surface area contributed by atoms with Crippen LogP contribution in [0.25, 0.3) is 0 Å². The van der Waals surface area contributed by atoms with Gasteiger partial charge in [-0.25, -0.2) is 0 Å². The topological polar surface area (TPSA) is 92.7 Å². The lowest BCUT2D eigenvalue weighted by Crippen LogP contribution is -2.40. The maximum absolute atomic E-state index is 12.2. The number of aliphatic hydroxyl groups is 1. The SMILES string of the molecule is Cc1oc(NC(=O)CN(C)CC2CCN(CCO)CC2)c(C#N)c1C. The van der Waals surface area contributed by atoms with Crippen LogP contribution < -0.4 is 5.32 Å². The second-order valence-corrected chi connectivity index (χ2v) is 6.85. The number of nitrogens with zero attached hydrogens (tertiary/aromatic N) is 3. The summed E-state index contributed by atoms with van der Waals surface area (Å²) in [6, 6.07) is 2.08. The van der Waals surface area contributed by atoms with Crippen LogP contribution in [-0.4, -0.2) is 67.2 Å². The first-order chi connectivity index (χ1) is 11.9. The summed E-state index contributed by atoms with van der Waals surface area (Å²) in [5.74, 6) is 1.28. The molecular formula is C18H28N4O3. The number of likely N-dealkylation sites (tertiary alicyclic amines) is 1. The van der Waals surface area contributed by atoms with Crippen LogP contribution in [0.2, 0.25) is 0 Å². The lowest BCUT2D eigenvalue weighted by Gasteiger charge is -2.33. The number of β-amino-alcohol motifs (C(OH)–C–C–N with tert-alkyl or cyclic N) is 1. The van der Waals surface area contributed by atoms with Crippen molar-refractivity contribution in [3.63, 3.8) is 0 Å². The van der Waals surface area contributed by atoms with E-state index in [1.165, 1.54) is 0 Å². The Balaban J connectivity index is 1.79. The zero-order valence-corrected chi connectivity index (χ0v) is 15.3. The molecule has 1 amide bonds. The quantitative estimate of drug-likeness (QED) is 0.772. The van der Waals surface area contributed by atoms with Gasteiger partial charge in [0.2, 0.25) is 11.8 Å². The third-order valence-corrected chi connectivity index (χ3v) is 4.86. The molecule has 2 N–H and O–H groups in total. The fraction of sp³-hybridized carbons (Fsp3) is 0.667. The number of piperidine rings is 1. The highest BCUT2D eigenvalue weighted by molar-refractivity contribution is 5.92. The second kappa shape index (κ2) is 8.99. The number of carbonyl (C=O) groups excluding carboxylic acids is 1. The Hall–Kier alpha value is -1.88. The van der Waals surface area contributed by atoms with Gasteiger partial charge in [0.05, 0.1) is 13.2 Å². The summed E-state index contributed by atoms with van der Waals surface area (Å²) in [5, 5.41) is 20.9. The average molecular weight is 348 g/mol. The van der Waals surface area contributed by atoms with Crippen molar-refractivity contribution in [2.24, 2.45) is 5.92 Å². The lowest BCUT2D eigenvalue weighted by atomic mass is 9.96. The Bertz CT molecular complexity index is 627. The summed E-state index contributed by atoms with van der Waals surface area (Å²) in [5.41, 5.74) is 1.16. The second-order valence-electron chi connectivity index (χ2n) is 6.85. The van der Waals surface area contributed by atoms with Gasteiger partial charge in [0, 0.05) is 18.7 Å².